The molecule has 0 saturated carbocycles. The standard InChI is InChI=1S/C16H19FN2OS/c1-11-12(2)21-9-8-19(11)16(20)14-6-5-13(4-3-7-18)15(17)10-14/h5-6,10-12H,7-9,18H2,1-2H3. The highest BCUT2D eigenvalue weighted by Gasteiger charge is 2.29. The number of benzene rings is 1. The highest BCUT2D eigenvalue weighted by Crippen LogP contribution is 2.25. The summed E-state index contributed by atoms with van der Waals surface area (Å²) in [6.45, 7) is 5.03. The molecule has 3 nitrogen and oxygen atoms in total. The van der Waals surface area contributed by atoms with Crippen molar-refractivity contribution in [2.24, 2.45) is 5.73 Å². The van der Waals surface area contributed by atoms with Crippen molar-refractivity contribution in [3.05, 3.63) is 35.1 Å². The van der Waals surface area contributed by atoms with E-state index < -0.39 is 5.82 Å². The molecule has 2 atom stereocenters. The molecule has 0 aromatic heterocycles. The molecule has 112 valence electrons. The maximum atomic E-state index is 14.0. The van der Waals surface area contributed by atoms with Crippen molar-refractivity contribution in [3.8, 4) is 11.8 Å². The molecular weight excluding hydrogens is 287 g/mol. The van der Waals surface area contributed by atoms with Gasteiger partial charge in [-0.25, -0.2) is 4.39 Å². The molecule has 0 bridgehead atoms. The van der Waals surface area contributed by atoms with Crippen molar-refractivity contribution in [3.63, 3.8) is 0 Å². The van der Waals surface area contributed by atoms with Crippen molar-refractivity contribution in [2.45, 2.75) is 25.1 Å². The van der Waals surface area contributed by atoms with Crippen molar-refractivity contribution < 1.29 is 9.18 Å². The average molecular weight is 306 g/mol. The van der Waals surface area contributed by atoms with Gasteiger partial charge in [-0.3, -0.25) is 4.79 Å². The molecule has 1 fully saturated rings. The van der Waals surface area contributed by atoms with Gasteiger partial charge >= 0.3 is 0 Å². The number of amides is 1. The smallest absolute Gasteiger partial charge is 0.254 e. The summed E-state index contributed by atoms with van der Waals surface area (Å²) in [5, 5.41) is 0.391. The summed E-state index contributed by atoms with van der Waals surface area (Å²) >= 11 is 1.86. The number of carbonyl (C=O) groups is 1. The minimum absolute atomic E-state index is 0.119. The van der Waals surface area contributed by atoms with Gasteiger partial charge in [-0.1, -0.05) is 18.8 Å². The van der Waals surface area contributed by atoms with Crippen LogP contribution in [-0.2, 0) is 0 Å². The van der Waals surface area contributed by atoms with Crippen LogP contribution in [0.1, 0.15) is 29.8 Å². The first-order valence-corrected chi connectivity index (χ1v) is 8.00. The van der Waals surface area contributed by atoms with Crippen LogP contribution in [0.25, 0.3) is 0 Å². The predicted octanol–water partition coefficient (Wildman–Crippen LogP) is 2.10. The summed E-state index contributed by atoms with van der Waals surface area (Å²) in [6, 6.07) is 4.58. The Hall–Kier alpha value is -1.51. The largest absolute Gasteiger partial charge is 0.334 e. The van der Waals surface area contributed by atoms with E-state index in [1.807, 2.05) is 23.6 Å². The first-order valence-electron chi connectivity index (χ1n) is 6.95. The van der Waals surface area contributed by atoms with Gasteiger partial charge < -0.3 is 10.6 Å². The normalized spacial score (nSPS) is 21.6. The SMILES string of the molecule is CC1SCCN(C(=O)c2ccc(C#CCN)c(F)c2)C1C. The maximum absolute atomic E-state index is 14.0. The van der Waals surface area contributed by atoms with Crippen LogP contribution in [0.2, 0.25) is 0 Å². The molecule has 2 unspecified atom stereocenters. The van der Waals surface area contributed by atoms with E-state index in [2.05, 4.69) is 18.8 Å². The Bertz CT molecular complexity index is 594. The number of hydrogen-bond donors (Lipinski definition) is 1. The molecule has 1 heterocycles. The molecule has 21 heavy (non-hydrogen) atoms. The molecule has 0 aliphatic carbocycles. The van der Waals surface area contributed by atoms with E-state index in [9.17, 15) is 9.18 Å². The van der Waals surface area contributed by atoms with Crippen molar-refractivity contribution in [2.75, 3.05) is 18.8 Å². The predicted molar refractivity (Wildman–Crippen MR) is 84.8 cm³/mol. The van der Waals surface area contributed by atoms with Gasteiger partial charge in [-0.05, 0) is 25.1 Å². The number of carbonyl (C=O) groups excluding carboxylic acids is 1. The van der Waals surface area contributed by atoms with Crippen LogP contribution in [0.15, 0.2) is 18.2 Å². The van der Waals surface area contributed by atoms with Crippen LogP contribution in [-0.4, -0.2) is 40.9 Å². The average Bonchev–Trinajstić information content (AvgIpc) is 2.48. The molecule has 5 heteroatoms. The zero-order valence-electron chi connectivity index (χ0n) is 12.2. The molecule has 1 aliphatic heterocycles. The zero-order valence-corrected chi connectivity index (χ0v) is 13.0. The molecule has 2 N–H and O–H groups in total. The number of halogens is 1. The lowest BCUT2D eigenvalue weighted by molar-refractivity contribution is 0.0697. The Labute approximate surface area is 129 Å². The van der Waals surface area contributed by atoms with Crippen molar-refractivity contribution in [1.29, 1.82) is 0 Å². The third-order valence-electron chi connectivity index (χ3n) is 3.69. The highest BCUT2D eigenvalue weighted by molar-refractivity contribution is 8.00. The van der Waals surface area contributed by atoms with Gasteiger partial charge in [0.25, 0.3) is 5.91 Å². The van der Waals surface area contributed by atoms with Gasteiger partial charge in [0.15, 0.2) is 0 Å². The molecule has 1 amide bonds. The Morgan fingerprint density at radius 2 is 2.29 bits per heavy atom. The van der Waals surface area contributed by atoms with E-state index >= 15 is 0 Å². The molecule has 0 radical (unpaired) electrons. The minimum Gasteiger partial charge on any atom is -0.334 e. The topological polar surface area (TPSA) is 46.3 Å². The van der Waals surface area contributed by atoms with Crippen molar-refractivity contribution >= 4 is 17.7 Å². The fourth-order valence-electron chi connectivity index (χ4n) is 2.28. The zero-order chi connectivity index (χ0) is 15.4. The molecular formula is C16H19FN2OS. The fourth-order valence-corrected chi connectivity index (χ4v) is 3.38. The lowest BCUT2D eigenvalue weighted by Crippen LogP contribution is -2.47. The summed E-state index contributed by atoms with van der Waals surface area (Å²) in [6.07, 6.45) is 0. The monoisotopic (exact) mass is 306 g/mol. The van der Waals surface area contributed by atoms with Crippen LogP contribution in [0.5, 0.6) is 0 Å². The number of rotatable bonds is 1. The summed E-state index contributed by atoms with van der Waals surface area (Å²) in [5.74, 6) is 5.59. The van der Waals surface area contributed by atoms with Crippen LogP contribution in [0, 0.1) is 17.7 Å². The maximum Gasteiger partial charge on any atom is 0.254 e. The van der Waals surface area contributed by atoms with Gasteiger partial charge in [0.05, 0.1) is 12.1 Å². The first kappa shape index (κ1) is 15.9. The van der Waals surface area contributed by atoms with E-state index in [4.69, 9.17) is 5.73 Å². The van der Waals surface area contributed by atoms with Crippen molar-refractivity contribution in [1.82, 2.24) is 4.90 Å². The van der Waals surface area contributed by atoms with Gasteiger partial charge in [-0.2, -0.15) is 11.8 Å². The minimum atomic E-state index is -0.478. The number of thioether (sulfide) groups is 1. The third-order valence-corrected chi connectivity index (χ3v) is 5.02. The molecule has 2 rings (SSSR count). The van der Waals surface area contributed by atoms with Gasteiger partial charge in [0.2, 0.25) is 0 Å². The molecule has 1 aliphatic rings. The summed E-state index contributed by atoms with van der Waals surface area (Å²) in [7, 11) is 0. The highest BCUT2D eigenvalue weighted by atomic mass is 32.2. The van der Waals surface area contributed by atoms with Crippen LogP contribution < -0.4 is 5.73 Å². The third kappa shape index (κ3) is 3.58. The molecule has 1 saturated heterocycles. The van der Waals surface area contributed by atoms with Crippen LogP contribution in [0.4, 0.5) is 4.39 Å². The van der Waals surface area contributed by atoms with Gasteiger partial charge in [-0.15, -0.1) is 0 Å². The van der Waals surface area contributed by atoms with E-state index in [1.54, 1.807) is 6.07 Å². The van der Waals surface area contributed by atoms with Gasteiger partial charge in [0, 0.05) is 29.2 Å². The summed E-state index contributed by atoms with van der Waals surface area (Å²) < 4.78 is 14.0. The Balaban J connectivity index is 2.21. The second-order valence-electron chi connectivity index (χ2n) is 5.02. The second kappa shape index (κ2) is 6.97. The Morgan fingerprint density at radius 3 is 2.95 bits per heavy atom. The Kier molecular flexibility index (Phi) is 5.27. The Morgan fingerprint density at radius 1 is 1.52 bits per heavy atom. The lowest BCUT2D eigenvalue weighted by Gasteiger charge is -2.37. The van der Waals surface area contributed by atoms with Gasteiger partial charge in [0.1, 0.15) is 5.82 Å². The van der Waals surface area contributed by atoms with Crippen LogP contribution in [0.3, 0.4) is 0 Å². The molecule has 1 aromatic carbocycles. The first-order chi connectivity index (χ1) is 10.0. The molecule has 0 spiro atoms. The quantitative estimate of drug-likeness (QED) is 0.808. The fraction of sp³-hybridized carbons (Fsp3) is 0.438. The number of hydrogen-bond acceptors (Lipinski definition) is 3. The van der Waals surface area contributed by atoms with E-state index in [0.717, 1.165) is 5.75 Å². The van der Waals surface area contributed by atoms with E-state index in [1.165, 1.54) is 12.1 Å². The number of nitrogens with zero attached hydrogens (tertiary/aromatic N) is 1. The summed E-state index contributed by atoms with van der Waals surface area (Å²) in [5.41, 5.74) is 5.91. The summed E-state index contributed by atoms with van der Waals surface area (Å²) in [4.78, 5) is 14.3. The van der Waals surface area contributed by atoms with E-state index in [0.29, 0.717) is 17.4 Å². The van der Waals surface area contributed by atoms with Crippen LogP contribution >= 0.6 is 11.8 Å². The van der Waals surface area contributed by atoms with E-state index in [-0.39, 0.29) is 24.1 Å². The molecule has 1 aromatic rings. The lowest BCUT2D eigenvalue weighted by atomic mass is 10.1. The number of nitrogens with two attached hydrogens (primary N) is 1. The second-order valence-corrected chi connectivity index (χ2v) is 6.50.